The van der Waals surface area contributed by atoms with Crippen LogP contribution in [0.15, 0.2) is 10.9 Å². The van der Waals surface area contributed by atoms with E-state index in [1.807, 2.05) is 6.92 Å². The molecule has 2 aromatic heterocycles. The number of aromatic nitrogens is 3. The van der Waals surface area contributed by atoms with Crippen LogP contribution in [-0.2, 0) is 6.54 Å². The minimum absolute atomic E-state index is 0. The second-order valence-corrected chi connectivity index (χ2v) is 5.69. The Morgan fingerprint density at radius 3 is 2.95 bits per heavy atom. The summed E-state index contributed by atoms with van der Waals surface area (Å²) in [6, 6.07) is 2.08. The van der Waals surface area contributed by atoms with Crippen molar-refractivity contribution in [3.63, 3.8) is 0 Å². The van der Waals surface area contributed by atoms with Crippen LogP contribution in [-0.4, -0.2) is 45.7 Å². The van der Waals surface area contributed by atoms with Crippen molar-refractivity contribution >= 4 is 28.7 Å². The zero-order valence-electron chi connectivity index (χ0n) is 10.8. The molecule has 3 heterocycles. The van der Waals surface area contributed by atoms with Crippen LogP contribution in [0.5, 0.6) is 0 Å². The van der Waals surface area contributed by atoms with Crippen LogP contribution in [0.4, 0.5) is 0 Å². The molecule has 0 amide bonds. The van der Waals surface area contributed by atoms with E-state index in [4.69, 9.17) is 0 Å². The largest absolute Gasteiger partial charge is 0.314 e. The number of rotatable bonds is 3. The first kappa shape index (κ1) is 14.4. The van der Waals surface area contributed by atoms with Gasteiger partial charge in [0.15, 0.2) is 0 Å². The Morgan fingerprint density at radius 2 is 2.32 bits per heavy atom. The standard InChI is InChI=1S/C11H15N5OS.ClH/c1-7-3-10(17)16-11(13-7)18-9(14-16)6-15(2)8-4-12-5-8;/h3,8,12H,4-6H2,1-2H3;1H. The SMILES string of the molecule is Cc1cc(=O)n2nc(CN(C)C3CNC3)sc2n1.Cl. The Morgan fingerprint density at radius 1 is 1.58 bits per heavy atom. The van der Waals surface area contributed by atoms with Gasteiger partial charge in [0.1, 0.15) is 5.01 Å². The fourth-order valence-corrected chi connectivity index (χ4v) is 2.96. The highest BCUT2D eigenvalue weighted by atomic mass is 35.5. The van der Waals surface area contributed by atoms with Crippen LogP contribution in [0.1, 0.15) is 10.7 Å². The molecule has 0 bridgehead atoms. The third-order valence-corrected chi connectivity index (χ3v) is 4.08. The van der Waals surface area contributed by atoms with Crippen LogP contribution >= 0.6 is 23.7 Å². The van der Waals surface area contributed by atoms with Crippen LogP contribution in [0, 0.1) is 6.92 Å². The predicted molar refractivity (Wildman–Crippen MR) is 77.2 cm³/mol. The average molecular weight is 302 g/mol. The first-order valence-corrected chi connectivity index (χ1v) is 6.72. The molecular weight excluding hydrogens is 286 g/mol. The lowest BCUT2D eigenvalue weighted by Gasteiger charge is -2.34. The molecule has 0 spiro atoms. The van der Waals surface area contributed by atoms with Crippen LogP contribution in [0.3, 0.4) is 0 Å². The van der Waals surface area contributed by atoms with Gasteiger partial charge in [-0.2, -0.15) is 9.61 Å². The molecule has 8 heteroatoms. The summed E-state index contributed by atoms with van der Waals surface area (Å²) in [5.74, 6) is 0. The van der Waals surface area contributed by atoms with Crippen molar-refractivity contribution in [2.75, 3.05) is 20.1 Å². The minimum atomic E-state index is -0.104. The molecule has 1 aliphatic rings. The highest BCUT2D eigenvalue weighted by Crippen LogP contribution is 2.15. The van der Waals surface area contributed by atoms with E-state index in [0.717, 1.165) is 30.3 Å². The molecule has 19 heavy (non-hydrogen) atoms. The summed E-state index contributed by atoms with van der Waals surface area (Å²) in [6.07, 6.45) is 0. The smallest absolute Gasteiger partial charge is 0.275 e. The van der Waals surface area contributed by atoms with E-state index in [0.29, 0.717) is 11.0 Å². The lowest BCUT2D eigenvalue weighted by atomic mass is 10.1. The van der Waals surface area contributed by atoms with Gasteiger partial charge < -0.3 is 5.32 Å². The summed E-state index contributed by atoms with van der Waals surface area (Å²) in [4.78, 5) is 19.0. The van der Waals surface area contributed by atoms with E-state index >= 15 is 0 Å². The van der Waals surface area contributed by atoms with Gasteiger partial charge >= 0.3 is 0 Å². The monoisotopic (exact) mass is 301 g/mol. The minimum Gasteiger partial charge on any atom is -0.314 e. The van der Waals surface area contributed by atoms with E-state index in [1.54, 1.807) is 0 Å². The number of nitrogens with zero attached hydrogens (tertiary/aromatic N) is 4. The topological polar surface area (TPSA) is 62.5 Å². The number of hydrogen-bond donors (Lipinski definition) is 1. The molecule has 104 valence electrons. The Kier molecular flexibility index (Phi) is 4.19. The van der Waals surface area contributed by atoms with Gasteiger partial charge in [-0.1, -0.05) is 11.3 Å². The fourth-order valence-electron chi connectivity index (χ4n) is 1.95. The molecule has 3 rings (SSSR count). The van der Waals surface area contributed by atoms with Crippen molar-refractivity contribution in [1.82, 2.24) is 24.8 Å². The van der Waals surface area contributed by atoms with Crippen molar-refractivity contribution in [3.8, 4) is 0 Å². The Labute approximate surface area is 120 Å². The van der Waals surface area contributed by atoms with Gasteiger partial charge in [-0.15, -0.1) is 12.4 Å². The van der Waals surface area contributed by atoms with Gasteiger partial charge in [0.2, 0.25) is 4.96 Å². The van der Waals surface area contributed by atoms with Crippen molar-refractivity contribution in [3.05, 3.63) is 27.1 Å². The predicted octanol–water partition coefficient (Wildman–Crippen LogP) is 0.285. The second kappa shape index (κ2) is 5.54. The molecule has 0 aromatic carbocycles. The zero-order chi connectivity index (χ0) is 12.7. The summed E-state index contributed by atoms with van der Waals surface area (Å²) in [6.45, 7) is 4.64. The summed E-state index contributed by atoms with van der Waals surface area (Å²) >= 11 is 1.48. The molecule has 0 saturated carbocycles. The second-order valence-electron chi connectivity index (χ2n) is 4.65. The van der Waals surface area contributed by atoms with Crippen molar-refractivity contribution in [1.29, 1.82) is 0 Å². The van der Waals surface area contributed by atoms with Crippen LogP contribution < -0.4 is 10.9 Å². The van der Waals surface area contributed by atoms with Crippen molar-refractivity contribution in [2.24, 2.45) is 0 Å². The van der Waals surface area contributed by atoms with E-state index < -0.39 is 0 Å². The van der Waals surface area contributed by atoms with Crippen molar-refractivity contribution < 1.29 is 0 Å². The Bertz CT molecular complexity index is 636. The molecule has 0 atom stereocenters. The van der Waals surface area contributed by atoms with Gasteiger partial charge in [-0.05, 0) is 14.0 Å². The summed E-state index contributed by atoms with van der Waals surface area (Å²) < 4.78 is 1.39. The maximum Gasteiger partial charge on any atom is 0.275 e. The summed E-state index contributed by atoms with van der Waals surface area (Å²) in [5.41, 5.74) is 0.639. The van der Waals surface area contributed by atoms with E-state index in [9.17, 15) is 4.79 Å². The molecule has 0 radical (unpaired) electrons. The molecular formula is C11H16ClN5OS. The Balaban J connectivity index is 0.00000133. The van der Waals surface area contributed by atoms with E-state index in [-0.39, 0.29) is 18.0 Å². The third-order valence-electron chi connectivity index (χ3n) is 3.18. The number of hydrogen-bond acceptors (Lipinski definition) is 6. The van der Waals surface area contributed by atoms with Crippen molar-refractivity contribution in [2.45, 2.75) is 19.5 Å². The molecule has 0 aliphatic carbocycles. The molecule has 0 unspecified atom stereocenters. The van der Waals surface area contributed by atoms with Gasteiger partial charge in [0.05, 0.1) is 6.54 Å². The molecule has 1 N–H and O–H groups in total. The highest BCUT2D eigenvalue weighted by molar-refractivity contribution is 7.16. The number of nitrogens with one attached hydrogen (secondary N) is 1. The maximum absolute atomic E-state index is 11.7. The fraction of sp³-hybridized carbons (Fsp3) is 0.545. The quantitative estimate of drug-likeness (QED) is 0.882. The molecule has 1 aliphatic heterocycles. The lowest BCUT2D eigenvalue weighted by molar-refractivity contribution is 0.172. The first-order chi connectivity index (χ1) is 8.63. The molecule has 6 nitrogen and oxygen atoms in total. The average Bonchev–Trinajstić information content (AvgIpc) is 2.57. The maximum atomic E-state index is 11.7. The molecule has 1 fully saturated rings. The number of fused-ring (bicyclic) bond motifs is 1. The van der Waals surface area contributed by atoms with Gasteiger partial charge in [-0.25, -0.2) is 4.98 Å². The van der Waals surface area contributed by atoms with Gasteiger partial charge in [0.25, 0.3) is 5.56 Å². The van der Waals surface area contributed by atoms with E-state index in [2.05, 4.69) is 27.3 Å². The normalized spacial score (nSPS) is 15.5. The summed E-state index contributed by atoms with van der Waals surface area (Å²) in [7, 11) is 2.08. The van der Waals surface area contributed by atoms with Gasteiger partial charge in [-0.3, -0.25) is 9.69 Å². The van der Waals surface area contributed by atoms with Gasteiger partial charge in [0, 0.05) is 30.9 Å². The van der Waals surface area contributed by atoms with Crippen LogP contribution in [0.25, 0.3) is 4.96 Å². The van der Waals surface area contributed by atoms with E-state index in [1.165, 1.54) is 21.9 Å². The number of halogens is 1. The third kappa shape index (κ3) is 2.79. The summed E-state index contributed by atoms with van der Waals surface area (Å²) in [5, 5.41) is 8.51. The van der Waals surface area contributed by atoms with Crippen LogP contribution in [0.2, 0.25) is 0 Å². The molecule has 2 aromatic rings. The first-order valence-electron chi connectivity index (χ1n) is 5.91. The highest BCUT2D eigenvalue weighted by Gasteiger charge is 2.22. The molecule has 1 saturated heterocycles. The number of likely N-dealkylation sites (N-methyl/N-ethyl adjacent to an activating group) is 1. The Hall–Kier alpha value is -1.02. The zero-order valence-corrected chi connectivity index (χ0v) is 12.4. The lowest BCUT2D eigenvalue weighted by Crippen LogP contribution is -2.55. The number of aryl methyl sites for hydroxylation is 1.